The number of aromatic amines is 2. The summed E-state index contributed by atoms with van der Waals surface area (Å²) in [7, 11) is -2.21. The Hall–Kier alpha value is -1.65. The highest BCUT2D eigenvalue weighted by Crippen LogP contribution is 2.30. The summed E-state index contributed by atoms with van der Waals surface area (Å²) in [6.07, 6.45) is 2.74. The van der Waals surface area contributed by atoms with Gasteiger partial charge in [0.2, 0.25) is 0 Å². The number of hydrogen-bond donors (Lipinski definition) is 2. The number of rotatable bonds is 3. The minimum absolute atomic E-state index is 0.0228. The first-order chi connectivity index (χ1) is 10.4. The molecule has 11 heteroatoms. The molecule has 1 atom stereocenters. The Morgan fingerprint density at radius 2 is 2.23 bits per heavy atom. The molecule has 22 heavy (non-hydrogen) atoms. The number of aryl methyl sites for hydroxylation is 1. The largest absolute Gasteiger partial charge is 0.340 e. The number of halogens is 1. The van der Waals surface area contributed by atoms with Gasteiger partial charge < -0.3 is 0 Å². The molecule has 2 N–H and O–H groups in total. The maximum absolute atomic E-state index is 12.8. The number of nitrogens with zero attached hydrogens (tertiary/aromatic N) is 4. The molecule has 1 saturated heterocycles. The SMILES string of the molecule is Cn1ncc(Cl)c1S(=O)(=O)N1CCCC(c2n[nH]c(=O)[nH]2)C1. The van der Waals surface area contributed by atoms with Crippen molar-refractivity contribution in [3.63, 3.8) is 0 Å². The van der Waals surface area contributed by atoms with Crippen molar-refractivity contribution in [1.29, 1.82) is 0 Å². The third-order valence-corrected chi connectivity index (χ3v) is 6.09. The van der Waals surface area contributed by atoms with Gasteiger partial charge in [0.25, 0.3) is 10.0 Å². The zero-order chi connectivity index (χ0) is 15.9. The molecule has 120 valence electrons. The molecule has 0 bridgehead atoms. The summed E-state index contributed by atoms with van der Waals surface area (Å²) in [5.74, 6) is 0.315. The summed E-state index contributed by atoms with van der Waals surface area (Å²) in [5.41, 5.74) is -0.398. The third-order valence-electron chi connectivity index (χ3n) is 3.72. The van der Waals surface area contributed by atoms with E-state index < -0.39 is 15.7 Å². The van der Waals surface area contributed by atoms with Crippen LogP contribution in [0.3, 0.4) is 0 Å². The predicted molar refractivity (Wildman–Crippen MR) is 78.2 cm³/mol. The monoisotopic (exact) mass is 346 g/mol. The number of H-pyrrole nitrogens is 2. The molecule has 0 radical (unpaired) electrons. The lowest BCUT2D eigenvalue weighted by Crippen LogP contribution is -2.40. The second kappa shape index (κ2) is 5.52. The first-order valence-electron chi connectivity index (χ1n) is 6.72. The fourth-order valence-corrected chi connectivity index (χ4v) is 4.80. The molecule has 0 spiro atoms. The predicted octanol–water partition coefficient (Wildman–Crippen LogP) is 0.0532. The minimum Gasteiger partial charge on any atom is -0.293 e. The number of aromatic nitrogens is 5. The van der Waals surface area contributed by atoms with Crippen molar-refractivity contribution in [3.05, 3.63) is 27.5 Å². The van der Waals surface area contributed by atoms with E-state index in [-0.39, 0.29) is 22.5 Å². The van der Waals surface area contributed by atoms with Gasteiger partial charge >= 0.3 is 5.69 Å². The number of hydrogen-bond acceptors (Lipinski definition) is 5. The van der Waals surface area contributed by atoms with Gasteiger partial charge in [0.1, 0.15) is 5.82 Å². The summed E-state index contributed by atoms with van der Waals surface area (Å²) in [6.45, 7) is 0.639. The molecule has 1 aliphatic rings. The maximum Gasteiger partial charge on any atom is 0.340 e. The van der Waals surface area contributed by atoms with Crippen LogP contribution in [-0.4, -0.2) is 50.8 Å². The van der Waals surface area contributed by atoms with E-state index >= 15 is 0 Å². The average Bonchev–Trinajstić information content (AvgIpc) is 3.05. The highest BCUT2D eigenvalue weighted by molar-refractivity contribution is 7.89. The van der Waals surface area contributed by atoms with Gasteiger partial charge in [-0.15, -0.1) is 0 Å². The molecule has 3 rings (SSSR count). The molecule has 3 heterocycles. The van der Waals surface area contributed by atoms with Gasteiger partial charge in [-0.3, -0.25) is 9.67 Å². The topological polar surface area (TPSA) is 117 Å². The van der Waals surface area contributed by atoms with Gasteiger partial charge in [-0.1, -0.05) is 11.6 Å². The van der Waals surface area contributed by atoms with E-state index in [4.69, 9.17) is 11.6 Å². The first kappa shape index (κ1) is 15.3. The highest BCUT2D eigenvalue weighted by Gasteiger charge is 2.35. The van der Waals surface area contributed by atoms with Crippen LogP contribution in [0, 0.1) is 0 Å². The van der Waals surface area contributed by atoms with Crippen molar-refractivity contribution in [2.45, 2.75) is 23.8 Å². The molecule has 2 aromatic heterocycles. The molecule has 2 aromatic rings. The van der Waals surface area contributed by atoms with E-state index in [1.165, 1.54) is 22.2 Å². The summed E-state index contributed by atoms with van der Waals surface area (Å²) in [6, 6.07) is 0. The summed E-state index contributed by atoms with van der Waals surface area (Å²) in [5, 5.41) is 10.1. The molecule has 0 saturated carbocycles. The normalized spacial score (nSPS) is 20.4. The van der Waals surface area contributed by atoms with Crippen molar-refractivity contribution in [2.24, 2.45) is 7.05 Å². The molecule has 1 fully saturated rings. The van der Waals surface area contributed by atoms with Gasteiger partial charge in [0, 0.05) is 26.1 Å². The second-order valence-electron chi connectivity index (χ2n) is 5.19. The van der Waals surface area contributed by atoms with Crippen LogP contribution >= 0.6 is 11.6 Å². The molecule has 0 aliphatic carbocycles. The summed E-state index contributed by atoms with van der Waals surface area (Å²) in [4.78, 5) is 13.7. The van der Waals surface area contributed by atoms with E-state index in [0.717, 1.165) is 6.42 Å². The average molecular weight is 347 g/mol. The van der Waals surface area contributed by atoms with E-state index in [2.05, 4.69) is 20.3 Å². The molecule has 0 aromatic carbocycles. The van der Waals surface area contributed by atoms with Crippen molar-refractivity contribution >= 4 is 21.6 Å². The van der Waals surface area contributed by atoms with E-state index in [9.17, 15) is 13.2 Å². The van der Waals surface area contributed by atoms with Gasteiger partial charge in [-0.2, -0.15) is 14.5 Å². The maximum atomic E-state index is 12.8. The Kier molecular flexibility index (Phi) is 3.83. The van der Waals surface area contributed by atoms with Crippen LogP contribution in [0.5, 0.6) is 0 Å². The van der Waals surface area contributed by atoms with E-state index in [1.807, 2.05) is 0 Å². The third kappa shape index (κ3) is 2.57. The lowest BCUT2D eigenvalue weighted by atomic mass is 9.99. The van der Waals surface area contributed by atoms with Crippen molar-refractivity contribution < 1.29 is 8.42 Å². The highest BCUT2D eigenvalue weighted by atomic mass is 35.5. The van der Waals surface area contributed by atoms with Gasteiger partial charge in [-0.25, -0.2) is 18.3 Å². The zero-order valence-corrected chi connectivity index (χ0v) is 13.4. The Morgan fingerprint density at radius 3 is 2.82 bits per heavy atom. The Labute approximate surface area is 131 Å². The van der Waals surface area contributed by atoms with Crippen molar-refractivity contribution in [1.82, 2.24) is 29.3 Å². The van der Waals surface area contributed by atoms with Gasteiger partial charge in [0.15, 0.2) is 5.03 Å². The van der Waals surface area contributed by atoms with Gasteiger partial charge in [-0.05, 0) is 12.8 Å². The van der Waals surface area contributed by atoms with Crippen LogP contribution in [0.4, 0.5) is 0 Å². The quantitative estimate of drug-likeness (QED) is 0.814. The summed E-state index contributed by atoms with van der Waals surface area (Å²) >= 11 is 5.95. The van der Waals surface area contributed by atoms with Crippen LogP contribution in [0.2, 0.25) is 5.02 Å². The number of nitrogens with one attached hydrogen (secondary N) is 2. The minimum atomic E-state index is -3.74. The smallest absolute Gasteiger partial charge is 0.293 e. The Bertz CT molecular complexity index is 819. The molecular formula is C11H15ClN6O3S. The van der Waals surface area contributed by atoms with Crippen LogP contribution in [0.1, 0.15) is 24.6 Å². The van der Waals surface area contributed by atoms with Gasteiger partial charge in [0.05, 0.1) is 11.2 Å². The van der Waals surface area contributed by atoms with E-state index in [0.29, 0.717) is 18.8 Å². The van der Waals surface area contributed by atoms with E-state index in [1.54, 1.807) is 0 Å². The van der Waals surface area contributed by atoms with Crippen molar-refractivity contribution in [2.75, 3.05) is 13.1 Å². The van der Waals surface area contributed by atoms with Crippen LogP contribution in [-0.2, 0) is 17.1 Å². The van der Waals surface area contributed by atoms with Crippen molar-refractivity contribution in [3.8, 4) is 0 Å². The second-order valence-corrected chi connectivity index (χ2v) is 7.45. The van der Waals surface area contributed by atoms with Crippen LogP contribution in [0.15, 0.2) is 16.0 Å². The molecular weight excluding hydrogens is 332 g/mol. The van der Waals surface area contributed by atoms with Crippen LogP contribution < -0.4 is 5.69 Å². The fraction of sp³-hybridized carbons (Fsp3) is 0.545. The first-order valence-corrected chi connectivity index (χ1v) is 8.53. The zero-order valence-electron chi connectivity index (χ0n) is 11.8. The number of piperidine rings is 1. The molecule has 1 aliphatic heterocycles. The number of sulfonamides is 1. The van der Waals surface area contributed by atoms with Crippen LogP contribution in [0.25, 0.3) is 0 Å². The molecule has 0 amide bonds. The lowest BCUT2D eigenvalue weighted by Gasteiger charge is -2.30. The molecule has 9 nitrogen and oxygen atoms in total. The molecule has 1 unspecified atom stereocenters. The summed E-state index contributed by atoms with van der Waals surface area (Å²) < 4.78 is 28.1. The fourth-order valence-electron chi connectivity index (χ4n) is 2.67. The lowest BCUT2D eigenvalue weighted by molar-refractivity contribution is 0.307. The standard InChI is InChI=1S/C11H15ClN6O3S/c1-17-10(8(12)5-13-17)22(20,21)18-4-2-3-7(6-18)9-14-11(19)16-15-9/h5,7H,2-4,6H2,1H3,(H2,14,15,16,19). The Balaban J connectivity index is 1.90. The Morgan fingerprint density at radius 1 is 1.45 bits per heavy atom.